The average molecular weight is 209 g/mol. The van der Waals surface area contributed by atoms with E-state index in [-0.39, 0.29) is 18.1 Å². The molecule has 15 heavy (non-hydrogen) atoms. The topological polar surface area (TPSA) is 49.3 Å². The lowest BCUT2D eigenvalue weighted by Crippen LogP contribution is -2.37. The van der Waals surface area contributed by atoms with Crippen molar-refractivity contribution in [2.24, 2.45) is 0 Å². The van der Waals surface area contributed by atoms with Crippen molar-refractivity contribution in [3.8, 4) is 0 Å². The first-order valence-corrected chi connectivity index (χ1v) is 5.50. The summed E-state index contributed by atoms with van der Waals surface area (Å²) in [6.07, 6.45) is 10.1. The van der Waals surface area contributed by atoms with E-state index in [1.807, 2.05) is 19.1 Å². The summed E-state index contributed by atoms with van der Waals surface area (Å²) in [7, 11) is 0. The molecule has 1 aliphatic rings. The number of hydrogen-bond acceptors (Lipinski definition) is 2. The Balaban J connectivity index is 2.26. The number of nitrogens with one attached hydrogen (secondary N) is 1. The Bertz CT molecular complexity index is 250. The molecule has 3 heteroatoms. The maximum absolute atomic E-state index is 11.4. The van der Waals surface area contributed by atoms with Crippen LogP contribution in [0.4, 0.5) is 0 Å². The molecule has 0 spiro atoms. The summed E-state index contributed by atoms with van der Waals surface area (Å²) in [5, 5.41) is 12.2. The molecule has 0 aromatic rings. The maximum Gasteiger partial charge on any atom is 0.244 e. The van der Waals surface area contributed by atoms with Crippen molar-refractivity contribution in [1.82, 2.24) is 5.32 Å². The molecule has 0 bridgehead atoms. The Morgan fingerprint density at radius 3 is 2.53 bits per heavy atom. The van der Waals surface area contributed by atoms with Crippen LogP contribution in [-0.4, -0.2) is 23.2 Å². The van der Waals surface area contributed by atoms with Crippen molar-refractivity contribution < 1.29 is 9.90 Å². The van der Waals surface area contributed by atoms with E-state index in [1.54, 1.807) is 6.08 Å². The smallest absolute Gasteiger partial charge is 0.244 e. The largest absolute Gasteiger partial charge is 0.393 e. The molecule has 0 unspecified atom stereocenters. The van der Waals surface area contributed by atoms with E-state index in [0.29, 0.717) is 0 Å². The molecule has 1 amide bonds. The fraction of sp³-hybridized carbons (Fsp3) is 0.583. The number of allylic oxidation sites excluding steroid dienone is 3. The normalized spacial score (nSPS) is 27.3. The van der Waals surface area contributed by atoms with Crippen molar-refractivity contribution in [2.75, 3.05) is 0 Å². The number of amides is 1. The molecule has 84 valence electrons. The molecule has 1 fully saturated rings. The number of aliphatic hydroxyl groups is 1. The van der Waals surface area contributed by atoms with E-state index in [9.17, 15) is 9.90 Å². The van der Waals surface area contributed by atoms with E-state index >= 15 is 0 Å². The first-order chi connectivity index (χ1) is 7.22. The molecular weight excluding hydrogens is 190 g/mol. The summed E-state index contributed by atoms with van der Waals surface area (Å²) in [6, 6.07) is 0.233. The first kappa shape index (κ1) is 12.0. The molecule has 3 nitrogen and oxygen atoms in total. The highest BCUT2D eigenvalue weighted by molar-refractivity contribution is 5.87. The van der Waals surface area contributed by atoms with E-state index in [4.69, 9.17) is 0 Å². The zero-order valence-corrected chi connectivity index (χ0v) is 9.15. The molecule has 0 aliphatic heterocycles. The van der Waals surface area contributed by atoms with E-state index in [0.717, 1.165) is 25.7 Å². The van der Waals surface area contributed by atoms with Gasteiger partial charge in [0.25, 0.3) is 0 Å². The van der Waals surface area contributed by atoms with Crippen molar-refractivity contribution >= 4 is 5.91 Å². The monoisotopic (exact) mass is 209 g/mol. The van der Waals surface area contributed by atoms with Crippen LogP contribution < -0.4 is 5.32 Å². The molecule has 2 N–H and O–H groups in total. The molecule has 0 aromatic heterocycles. The van der Waals surface area contributed by atoms with Crippen molar-refractivity contribution in [3.05, 3.63) is 24.3 Å². The van der Waals surface area contributed by atoms with Gasteiger partial charge in [-0.25, -0.2) is 0 Å². The second-order valence-electron chi connectivity index (χ2n) is 3.90. The molecule has 1 saturated carbocycles. The predicted octanol–water partition coefficient (Wildman–Crippen LogP) is 1.54. The first-order valence-electron chi connectivity index (χ1n) is 5.50. The van der Waals surface area contributed by atoms with Gasteiger partial charge in [-0.15, -0.1) is 0 Å². The summed E-state index contributed by atoms with van der Waals surface area (Å²) < 4.78 is 0. The highest BCUT2D eigenvalue weighted by Gasteiger charge is 2.19. The molecule has 1 rings (SSSR count). The van der Waals surface area contributed by atoms with Gasteiger partial charge in [-0.1, -0.05) is 18.2 Å². The standard InChI is InChI=1S/C12H19NO2/c1-2-3-4-5-12(15)13-10-6-8-11(14)9-7-10/h2-5,10-11,14H,6-9H2,1H3,(H,13,15)/b3-2+,5-4+. The molecule has 0 atom stereocenters. The lowest BCUT2D eigenvalue weighted by atomic mass is 9.93. The second-order valence-corrected chi connectivity index (χ2v) is 3.90. The van der Waals surface area contributed by atoms with Gasteiger partial charge >= 0.3 is 0 Å². The van der Waals surface area contributed by atoms with E-state index in [1.165, 1.54) is 6.08 Å². The van der Waals surface area contributed by atoms with Crippen molar-refractivity contribution in [1.29, 1.82) is 0 Å². The Hall–Kier alpha value is -1.09. The Morgan fingerprint density at radius 2 is 1.93 bits per heavy atom. The van der Waals surface area contributed by atoms with Crippen LogP contribution in [0.3, 0.4) is 0 Å². The summed E-state index contributed by atoms with van der Waals surface area (Å²) in [4.78, 5) is 11.4. The molecule has 0 saturated heterocycles. The van der Waals surface area contributed by atoms with Gasteiger partial charge in [0.15, 0.2) is 0 Å². The zero-order valence-electron chi connectivity index (χ0n) is 9.15. The third-order valence-electron chi connectivity index (χ3n) is 2.59. The van der Waals surface area contributed by atoms with E-state index < -0.39 is 0 Å². The molecule has 0 aromatic carbocycles. The van der Waals surface area contributed by atoms with Gasteiger partial charge in [0.2, 0.25) is 5.91 Å². The Kier molecular flexibility index (Phi) is 5.12. The van der Waals surface area contributed by atoms with Gasteiger partial charge < -0.3 is 10.4 Å². The van der Waals surface area contributed by atoms with Crippen LogP contribution in [0.1, 0.15) is 32.6 Å². The summed E-state index contributed by atoms with van der Waals surface area (Å²) in [5.41, 5.74) is 0. The van der Waals surface area contributed by atoms with Crippen LogP contribution in [0, 0.1) is 0 Å². The van der Waals surface area contributed by atoms with Crippen molar-refractivity contribution in [3.63, 3.8) is 0 Å². The number of rotatable bonds is 3. The van der Waals surface area contributed by atoms with Gasteiger partial charge in [-0.2, -0.15) is 0 Å². The highest BCUT2D eigenvalue weighted by atomic mass is 16.3. The number of aliphatic hydroxyl groups excluding tert-OH is 1. The fourth-order valence-electron chi connectivity index (χ4n) is 1.72. The number of carbonyl (C=O) groups is 1. The molecule has 1 aliphatic carbocycles. The van der Waals surface area contributed by atoms with E-state index in [2.05, 4.69) is 5.32 Å². The minimum atomic E-state index is -0.170. The minimum absolute atomic E-state index is 0.0468. The molecule has 0 radical (unpaired) electrons. The highest BCUT2D eigenvalue weighted by Crippen LogP contribution is 2.18. The second kappa shape index (κ2) is 6.40. The third-order valence-corrected chi connectivity index (χ3v) is 2.59. The lowest BCUT2D eigenvalue weighted by Gasteiger charge is -2.25. The average Bonchev–Trinajstić information content (AvgIpc) is 2.22. The van der Waals surface area contributed by atoms with Gasteiger partial charge in [-0.3, -0.25) is 4.79 Å². The van der Waals surface area contributed by atoms with Crippen LogP contribution in [-0.2, 0) is 4.79 Å². The van der Waals surface area contributed by atoms with Gasteiger partial charge in [-0.05, 0) is 32.6 Å². The van der Waals surface area contributed by atoms with Gasteiger partial charge in [0.05, 0.1) is 6.10 Å². The summed E-state index contributed by atoms with van der Waals surface area (Å²) >= 11 is 0. The summed E-state index contributed by atoms with van der Waals surface area (Å²) in [6.45, 7) is 1.91. The summed E-state index contributed by atoms with van der Waals surface area (Å²) in [5.74, 6) is -0.0468. The number of hydrogen-bond donors (Lipinski definition) is 2. The van der Waals surface area contributed by atoms with Gasteiger partial charge in [0, 0.05) is 12.1 Å². The molecular formula is C12H19NO2. The van der Waals surface area contributed by atoms with Crippen LogP contribution in [0.2, 0.25) is 0 Å². The zero-order chi connectivity index (χ0) is 11.1. The van der Waals surface area contributed by atoms with Crippen LogP contribution >= 0.6 is 0 Å². The predicted molar refractivity (Wildman–Crippen MR) is 60.4 cm³/mol. The maximum atomic E-state index is 11.4. The number of carbonyl (C=O) groups excluding carboxylic acids is 1. The fourth-order valence-corrected chi connectivity index (χ4v) is 1.72. The lowest BCUT2D eigenvalue weighted by molar-refractivity contribution is -0.117. The SMILES string of the molecule is C/C=C/C=C/C(=O)NC1CCC(O)CC1. The van der Waals surface area contributed by atoms with Crippen LogP contribution in [0.15, 0.2) is 24.3 Å². The minimum Gasteiger partial charge on any atom is -0.393 e. The Labute approximate surface area is 90.9 Å². The van der Waals surface area contributed by atoms with Gasteiger partial charge in [0.1, 0.15) is 0 Å². The van der Waals surface area contributed by atoms with Crippen LogP contribution in [0.25, 0.3) is 0 Å². The Morgan fingerprint density at radius 1 is 1.27 bits per heavy atom. The molecule has 0 heterocycles. The van der Waals surface area contributed by atoms with Crippen LogP contribution in [0.5, 0.6) is 0 Å². The van der Waals surface area contributed by atoms with Crippen molar-refractivity contribution in [2.45, 2.75) is 44.8 Å². The third kappa shape index (κ3) is 4.79. The quantitative estimate of drug-likeness (QED) is 0.547.